The molecule has 1 aromatic heterocycles. The predicted octanol–water partition coefficient (Wildman–Crippen LogP) is 2.76. The molecule has 0 spiro atoms. The molecule has 0 aliphatic carbocycles. The Morgan fingerprint density at radius 3 is 2.29 bits per heavy atom. The van der Waals surface area contributed by atoms with Crippen molar-refractivity contribution in [3.63, 3.8) is 0 Å². The molecule has 0 N–H and O–H groups in total. The summed E-state index contributed by atoms with van der Waals surface area (Å²) < 4.78 is 2.04. The smallest absolute Gasteiger partial charge is 0.190 e. The number of hydrogen-bond acceptors (Lipinski definition) is 3. The van der Waals surface area contributed by atoms with Gasteiger partial charge in [-0.3, -0.25) is 4.57 Å². The van der Waals surface area contributed by atoms with Crippen LogP contribution in [-0.2, 0) is 0 Å². The quantitative estimate of drug-likeness (QED) is 0.680. The molecule has 2 aromatic carbocycles. The lowest BCUT2D eigenvalue weighted by molar-refractivity contribution is 0.313. The van der Waals surface area contributed by atoms with Gasteiger partial charge in [0, 0.05) is 37.6 Å². The van der Waals surface area contributed by atoms with E-state index in [1.54, 1.807) is 0 Å². The van der Waals surface area contributed by atoms with Crippen LogP contribution in [0.5, 0.6) is 0 Å². The molecule has 2 heterocycles. The topological polar surface area (TPSA) is 24.3 Å². The minimum absolute atomic E-state index is 0.642. The first-order valence-corrected chi connectivity index (χ1v) is 8.24. The highest BCUT2D eigenvalue weighted by Crippen LogP contribution is 2.24. The van der Waals surface area contributed by atoms with Crippen molar-refractivity contribution in [2.45, 2.75) is 0 Å². The molecule has 0 amide bonds. The van der Waals surface area contributed by atoms with Crippen molar-refractivity contribution in [2.75, 3.05) is 38.1 Å². The highest BCUT2D eigenvalue weighted by Gasteiger charge is 2.15. The Labute approximate surface area is 142 Å². The first kappa shape index (κ1) is 14.8. The number of piperazine rings is 1. The van der Waals surface area contributed by atoms with E-state index in [-0.39, 0.29) is 0 Å². The second-order valence-corrected chi connectivity index (χ2v) is 6.21. The number of terminal acetylenes is 1. The summed E-state index contributed by atoms with van der Waals surface area (Å²) in [7, 11) is 2.17. The Hall–Kier alpha value is -2.77. The Balaban J connectivity index is 1.70. The first-order valence-electron chi connectivity index (χ1n) is 8.24. The van der Waals surface area contributed by atoms with Crippen molar-refractivity contribution >= 4 is 16.7 Å². The first-order chi connectivity index (χ1) is 11.8. The van der Waals surface area contributed by atoms with E-state index in [9.17, 15) is 0 Å². The lowest BCUT2D eigenvalue weighted by atomic mass is 10.2. The van der Waals surface area contributed by atoms with Gasteiger partial charge in [0.05, 0.1) is 11.0 Å². The number of aromatic nitrogens is 2. The molecule has 4 nitrogen and oxygen atoms in total. The van der Waals surface area contributed by atoms with Gasteiger partial charge in [-0.15, -0.1) is 6.42 Å². The van der Waals surface area contributed by atoms with Crippen LogP contribution in [0.4, 0.5) is 5.69 Å². The summed E-state index contributed by atoms with van der Waals surface area (Å²) in [6.45, 7) is 4.35. The predicted molar refractivity (Wildman–Crippen MR) is 98.7 cm³/mol. The molecule has 0 bridgehead atoms. The number of para-hydroxylation sites is 2. The van der Waals surface area contributed by atoms with E-state index >= 15 is 0 Å². The van der Waals surface area contributed by atoms with Crippen molar-refractivity contribution in [1.29, 1.82) is 0 Å². The summed E-state index contributed by atoms with van der Waals surface area (Å²) in [6, 6.07) is 16.6. The van der Waals surface area contributed by atoms with E-state index in [0.717, 1.165) is 42.9 Å². The van der Waals surface area contributed by atoms with Gasteiger partial charge < -0.3 is 9.80 Å². The van der Waals surface area contributed by atoms with E-state index in [0.29, 0.717) is 5.82 Å². The molecule has 0 saturated carbocycles. The Morgan fingerprint density at radius 1 is 0.917 bits per heavy atom. The molecule has 1 saturated heterocycles. The maximum atomic E-state index is 5.67. The van der Waals surface area contributed by atoms with Crippen molar-refractivity contribution in [2.24, 2.45) is 0 Å². The van der Waals surface area contributed by atoms with Gasteiger partial charge in [-0.1, -0.05) is 12.1 Å². The average Bonchev–Trinajstić information content (AvgIpc) is 3.01. The van der Waals surface area contributed by atoms with Crippen LogP contribution in [0.3, 0.4) is 0 Å². The van der Waals surface area contributed by atoms with Gasteiger partial charge in [-0.05, 0) is 49.4 Å². The van der Waals surface area contributed by atoms with E-state index in [2.05, 4.69) is 58.1 Å². The summed E-state index contributed by atoms with van der Waals surface area (Å²) in [5, 5.41) is 0. The Morgan fingerprint density at radius 2 is 1.58 bits per heavy atom. The number of nitrogens with zero attached hydrogens (tertiary/aromatic N) is 4. The van der Waals surface area contributed by atoms with Crippen LogP contribution in [0.1, 0.15) is 5.82 Å². The number of likely N-dealkylation sites (N-methyl/N-ethyl adjacent to an activating group) is 1. The van der Waals surface area contributed by atoms with Gasteiger partial charge in [-0.2, -0.15) is 0 Å². The number of anilines is 1. The number of rotatable bonds is 2. The molecule has 1 aliphatic heterocycles. The zero-order valence-electron chi connectivity index (χ0n) is 13.8. The molecule has 1 aliphatic rings. The lowest BCUT2D eigenvalue weighted by Crippen LogP contribution is -2.44. The second-order valence-electron chi connectivity index (χ2n) is 6.21. The van der Waals surface area contributed by atoms with Crippen LogP contribution < -0.4 is 4.90 Å². The zero-order valence-corrected chi connectivity index (χ0v) is 13.8. The maximum absolute atomic E-state index is 5.67. The average molecular weight is 316 g/mol. The highest BCUT2D eigenvalue weighted by atomic mass is 15.2. The molecule has 0 atom stereocenters. The van der Waals surface area contributed by atoms with E-state index in [1.807, 2.05) is 22.8 Å². The number of benzene rings is 2. The largest absolute Gasteiger partial charge is 0.369 e. The van der Waals surface area contributed by atoms with Crippen molar-refractivity contribution in [3.05, 3.63) is 54.4 Å². The summed E-state index contributed by atoms with van der Waals surface area (Å²) in [5.41, 5.74) is 4.28. The fourth-order valence-corrected chi connectivity index (χ4v) is 3.26. The minimum atomic E-state index is 0.642. The molecule has 4 heteroatoms. The zero-order chi connectivity index (χ0) is 16.5. The maximum Gasteiger partial charge on any atom is 0.190 e. The molecule has 24 heavy (non-hydrogen) atoms. The van der Waals surface area contributed by atoms with Gasteiger partial charge >= 0.3 is 0 Å². The van der Waals surface area contributed by atoms with Crippen molar-refractivity contribution in [1.82, 2.24) is 14.5 Å². The van der Waals surface area contributed by atoms with E-state index in [1.165, 1.54) is 5.69 Å². The van der Waals surface area contributed by atoms with Crippen LogP contribution in [0.15, 0.2) is 48.5 Å². The summed E-state index contributed by atoms with van der Waals surface area (Å²) >= 11 is 0. The molecule has 4 rings (SSSR count). The van der Waals surface area contributed by atoms with Crippen LogP contribution >= 0.6 is 0 Å². The molecule has 3 aromatic rings. The molecule has 1 fully saturated rings. The SMILES string of the molecule is C#Cc1nc2ccccc2n1-c1ccc(N2CCN(C)CC2)cc1. The molecular formula is C20H20N4. The third-order valence-corrected chi connectivity index (χ3v) is 4.67. The minimum Gasteiger partial charge on any atom is -0.369 e. The monoisotopic (exact) mass is 316 g/mol. The molecule has 0 unspecified atom stereocenters. The lowest BCUT2D eigenvalue weighted by Gasteiger charge is -2.34. The van der Waals surface area contributed by atoms with Crippen LogP contribution in [0.25, 0.3) is 16.7 Å². The van der Waals surface area contributed by atoms with Gasteiger partial charge in [-0.25, -0.2) is 4.98 Å². The Bertz CT molecular complexity index is 894. The molecular weight excluding hydrogens is 296 g/mol. The van der Waals surface area contributed by atoms with Gasteiger partial charge in [0.25, 0.3) is 0 Å². The standard InChI is InChI=1S/C20H20N4/c1-3-20-21-18-6-4-5-7-19(18)24(20)17-10-8-16(9-11-17)23-14-12-22(2)13-15-23/h1,4-11H,12-15H2,2H3. The number of hydrogen-bond donors (Lipinski definition) is 0. The molecule has 0 radical (unpaired) electrons. The third kappa shape index (κ3) is 2.53. The van der Waals surface area contributed by atoms with Crippen LogP contribution in [0, 0.1) is 12.3 Å². The Kier molecular flexibility index (Phi) is 3.72. The highest BCUT2D eigenvalue weighted by molar-refractivity contribution is 5.79. The number of imidazole rings is 1. The van der Waals surface area contributed by atoms with Crippen molar-refractivity contribution < 1.29 is 0 Å². The van der Waals surface area contributed by atoms with Crippen LogP contribution in [0.2, 0.25) is 0 Å². The summed E-state index contributed by atoms with van der Waals surface area (Å²) in [5.74, 6) is 3.34. The summed E-state index contributed by atoms with van der Waals surface area (Å²) in [4.78, 5) is 9.33. The normalized spacial score (nSPS) is 15.6. The van der Waals surface area contributed by atoms with E-state index in [4.69, 9.17) is 6.42 Å². The van der Waals surface area contributed by atoms with Crippen LogP contribution in [-0.4, -0.2) is 47.7 Å². The fraction of sp³-hybridized carbons (Fsp3) is 0.250. The number of fused-ring (bicyclic) bond motifs is 1. The van der Waals surface area contributed by atoms with Gasteiger partial charge in [0.2, 0.25) is 0 Å². The third-order valence-electron chi connectivity index (χ3n) is 4.67. The molecule has 120 valence electrons. The fourth-order valence-electron chi connectivity index (χ4n) is 3.26. The van der Waals surface area contributed by atoms with Gasteiger partial charge in [0.15, 0.2) is 5.82 Å². The van der Waals surface area contributed by atoms with E-state index < -0.39 is 0 Å². The van der Waals surface area contributed by atoms with Crippen molar-refractivity contribution in [3.8, 4) is 18.0 Å². The summed E-state index contributed by atoms with van der Waals surface area (Å²) in [6.07, 6.45) is 5.67. The van der Waals surface area contributed by atoms with Gasteiger partial charge in [0.1, 0.15) is 0 Å². The second kappa shape index (κ2) is 6.03.